The second-order valence-electron chi connectivity index (χ2n) is 5.44. The molecule has 0 N–H and O–H groups in total. The van der Waals surface area contributed by atoms with Gasteiger partial charge in [-0.3, -0.25) is 0 Å². The molecule has 0 radical (unpaired) electrons. The van der Waals surface area contributed by atoms with Gasteiger partial charge in [-0.15, -0.1) is 5.10 Å². The van der Waals surface area contributed by atoms with Crippen LogP contribution >= 0.6 is 0 Å². The Morgan fingerprint density at radius 1 is 1.30 bits per heavy atom. The number of fused-ring (bicyclic) bond motifs is 1. The van der Waals surface area contributed by atoms with Crippen LogP contribution in [-0.4, -0.2) is 53.2 Å². The number of aromatic nitrogens is 3. The summed E-state index contributed by atoms with van der Waals surface area (Å²) >= 11 is 0. The van der Waals surface area contributed by atoms with Gasteiger partial charge in [0.15, 0.2) is 5.65 Å². The second kappa shape index (κ2) is 6.42. The molecule has 126 valence electrons. The van der Waals surface area contributed by atoms with Gasteiger partial charge in [-0.25, -0.2) is 22.3 Å². The van der Waals surface area contributed by atoms with E-state index in [-0.39, 0.29) is 16.2 Å². The van der Waals surface area contributed by atoms with Gasteiger partial charge in [0.25, 0.3) is 0 Å². The van der Waals surface area contributed by atoms with Crippen molar-refractivity contribution in [1.29, 1.82) is 0 Å². The molecular weight excluding hydrogens is 320 g/mol. The molecule has 0 atom stereocenters. The third-order valence-corrected chi connectivity index (χ3v) is 5.80. The molecule has 0 unspecified atom stereocenters. The summed E-state index contributed by atoms with van der Waals surface area (Å²) in [6.07, 6.45) is 3.29. The largest absolute Gasteiger partial charge is 0.379 e. The van der Waals surface area contributed by atoms with Crippen molar-refractivity contribution in [3.8, 4) is 0 Å². The molecule has 0 amide bonds. The molecule has 8 nitrogen and oxygen atoms in total. The molecule has 0 aliphatic carbocycles. The van der Waals surface area contributed by atoms with Crippen LogP contribution in [0.4, 0.5) is 0 Å². The van der Waals surface area contributed by atoms with Crippen LogP contribution in [0, 0.1) is 0 Å². The summed E-state index contributed by atoms with van der Waals surface area (Å²) in [5, 5.41) is 4.24. The first kappa shape index (κ1) is 16.2. The Bertz CT molecular complexity index is 849. The molecule has 0 saturated carbocycles. The predicted molar refractivity (Wildman–Crippen MR) is 83.9 cm³/mol. The van der Waals surface area contributed by atoms with Crippen molar-refractivity contribution >= 4 is 15.7 Å². The van der Waals surface area contributed by atoms with Crippen LogP contribution in [0.5, 0.6) is 0 Å². The maximum absolute atomic E-state index is 12.8. The standard InChI is InChI=1S/C14H20N4O4S/c1-2-3-7-18-14(19)17-6-4-5-12(13(17)15-18)23(20,21)16-8-10-22-11-9-16/h4-6H,2-3,7-11H2,1H3. The number of sulfonamides is 1. The molecule has 9 heteroatoms. The van der Waals surface area contributed by atoms with E-state index in [0.717, 1.165) is 12.8 Å². The first-order valence-electron chi connectivity index (χ1n) is 7.72. The number of morpholine rings is 1. The number of hydrogen-bond donors (Lipinski definition) is 0. The van der Waals surface area contributed by atoms with Gasteiger partial charge in [0, 0.05) is 25.8 Å². The highest BCUT2D eigenvalue weighted by atomic mass is 32.2. The van der Waals surface area contributed by atoms with E-state index in [1.807, 2.05) is 6.92 Å². The van der Waals surface area contributed by atoms with Crippen LogP contribution in [0.3, 0.4) is 0 Å². The molecule has 1 aliphatic heterocycles. The molecule has 0 spiro atoms. The number of rotatable bonds is 5. The maximum atomic E-state index is 12.8. The Labute approximate surface area is 134 Å². The minimum absolute atomic E-state index is 0.0641. The minimum Gasteiger partial charge on any atom is -0.379 e. The van der Waals surface area contributed by atoms with Crippen molar-refractivity contribution in [2.24, 2.45) is 0 Å². The van der Waals surface area contributed by atoms with Crippen LogP contribution in [0.2, 0.25) is 0 Å². The summed E-state index contributed by atoms with van der Waals surface area (Å²) in [6, 6.07) is 3.06. The maximum Gasteiger partial charge on any atom is 0.350 e. The third kappa shape index (κ3) is 2.91. The molecular formula is C14H20N4O4S. The number of unbranched alkanes of at least 4 members (excludes halogenated alkanes) is 1. The second-order valence-corrected chi connectivity index (χ2v) is 7.35. The summed E-state index contributed by atoms with van der Waals surface area (Å²) in [4.78, 5) is 12.4. The lowest BCUT2D eigenvalue weighted by atomic mass is 10.3. The van der Waals surface area contributed by atoms with Crippen LogP contribution in [-0.2, 0) is 21.3 Å². The van der Waals surface area contributed by atoms with E-state index in [1.165, 1.54) is 19.5 Å². The number of nitrogens with zero attached hydrogens (tertiary/aromatic N) is 4. The van der Waals surface area contributed by atoms with Gasteiger partial charge in [-0.05, 0) is 18.6 Å². The molecule has 3 rings (SSSR count). The Morgan fingerprint density at radius 2 is 2.04 bits per heavy atom. The lowest BCUT2D eigenvalue weighted by molar-refractivity contribution is 0.0730. The molecule has 1 saturated heterocycles. The zero-order valence-corrected chi connectivity index (χ0v) is 13.8. The number of hydrogen-bond acceptors (Lipinski definition) is 5. The number of ether oxygens (including phenoxy) is 1. The average molecular weight is 340 g/mol. The number of pyridine rings is 1. The molecule has 2 aromatic rings. The van der Waals surface area contributed by atoms with Gasteiger partial charge >= 0.3 is 5.69 Å². The summed E-state index contributed by atoms with van der Waals surface area (Å²) in [6.45, 7) is 3.87. The summed E-state index contributed by atoms with van der Waals surface area (Å²) in [5.41, 5.74) is -0.132. The van der Waals surface area contributed by atoms with Crippen molar-refractivity contribution in [2.75, 3.05) is 26.3 Å². The SMILES string of the molecule is CCCCn1nc2c(S(=O)(=O)N3CCOCC3)cccn2c1=O. The molecule has 1 aliphatic rings. The smallest absolute Gasteiger partial charge is 0.350 e. The molecule has 3 heterocycles. The highest BCUT2D eigenvalue weighted by molar-refractivity contribution is 7.89. The first-order chi connectivity index (χ1) is 11.1. The third-order valence-electron chi connectivity index (χ3n) is 3.88. The van der Waals surface area contributed by atoms with Crippen molar-refractivity contribution < 1.29 is 13.2 Å². The summed E-state index contributed by atoms with van der Waals surface area (Å²) in [5.74, 6) is 0. The highest BCUT2D eigenvalue weighted by Crippen LogP contribution is 2.20. The van der Waals surface area contributed by atoms with Gasteiger partial charge in [-0.2, -0.15) is 4.31 Å². The van der Waals surface area contributed by atoms with Crippen LogP contribution in [0.1, 0.15) is 19.8 Å². The van der Waals surface area contributed by atoms with Crippen molar-refractivity contribution in [3.05, 3.63) is 28.8 Å². The quantitative estimate of drug-likeness (QED) is 0.782. The molecule has 23 heavy (non-hydrogen) atoms. The monoisotopic (exact) mass is 340 g/mol. The van der Waals surface area contributed by atoms with E-state index in [0.29, 0.717) is 32.8 Å². The Balaban J connectivity index is 2.09. The van der Waals surface area contributed by atoms with Gasteiger partial charge in [-0.1, -0.05) is 13.3 Å². The van der Waals surface area contributed by atoms with E-state index < -0.39 is 10.0 Å². The molecule has 2 aromatic heterocycles. The normalized spacial score (nSPS) is 16.9. The fraction of sp³-hybridized carbons (Fsp3) is 0.571. The molecule has 1 fully saturated rings. The van der Waals surface area contributed by atoms with Crippen LogP contribution in [0.15, 0.2) is 28.0 Å². The van der Waals surface area contributed by atoms with E-state index in [1.54, 1.807) is 12.3 Å². The summed E-state index contributed by atoms with van der Waals surface area (Å²) < 4.78 is 34.9. The summed E-state index contributed by atoms with van der Waals surface area (Å²) in [7, 11) is -3.69. The van der Waals surface area contributed by atoms with Gasteiger partial charge < -0.3 is 4.74 Å². The Morgan fingerprint density at radius 3 is 2.74 bits per heavy atom. The van der Waals surface area contributed by atoms with E-state index >= 15 is 0 Å². The first-order valence-corrected chi connectivity index (χ1v) is 9.16. The zero-order valence-electron chi connectivity index (χ0n) is 13.0. The highest BCUT2D eigenvalue weighted by Gasteiger charge is 2.29. The fourth-order valence-electron chi connectivity index (χ4n) is 2.59. The lowest BCUT2D eigenvalue weighted by Crippen LogP contribution is -2.40. The van der Waals surface area contributed by atoms with Gasteiger partial charge in [0.2, 0.25) is 10.0 Å². The topological polar surface area (TPSA) is 85.9 Å². The number of aryl methyl sites for hydroxylation is 1. The van der Waals surface area contributed by atoms with Crippen molar-refractivity contribution in [1.82, 2.24) is 18.5 Å². The Kier molecular flexibility index (Phi) is 4.51. The lowest BCUT2D eigenvalue weighted by Gasteiger charge is -2.25. The van der Waals surface area contributed by atoms with Gasteiger partial charge in [0.05, 0.1) is 13.2 Å². The van der Waals surface area contributed by atoms with E-state index in [4.69, 9.17) is 4.74 Å². The zero-order chi connectivity index (χ0) is 16.4. The predicted octanol–water partition coefficient (Wildman–Crippen LogP) is 0.317. The van der Waals surface area contributed by atoms with Crippen molar-refractivity contribution in [2.45, 2.75) is 31.2 Å². The van der Waals surface area contributed by atoms with Crippen LogP contribution in [0.25, 0.3) is 5.65 Å². The van der Waals surface area contributed by atoms with Crippen LogP contribution < -0.4 is 5.69 Å². The molecule has 0 bridgehead atoms. The van der Waals surface area contributed by atoms with E-state index in [9.17, 15) is 13.2 Å². The molecule has 0 aromatic carbocycles. The van der Waals surface area contributed by atoms with Gasteiger partial charge in [0.1, 0.15) is 4.90 Å². The fourth-order valence-corrected chi connectivity index (χ4v) is 4.12. The Hall–Kier alpha value is -1.71. The average Bonchev–Trinajstić information content (AvgIpc) is 2.90. The van der Waals surface area contributed by atoms with E-state index in [2.05, 4.69) is 5.10 Å². The van der Waals surface area contributed by atoms with Crippen molar-refractivity contribution in [3.63, 3.8) is 0 Å². The minimum atomic E-state index is -3.69.